The summed E-state index contributed by atoms with van der Waals surface area (Å²) >= 11 is 0. The third-order valence-electron chi connectivity index (χ3n) is 0.346. The Morgan fingerprint density at radius 2 is 2.14 bits per heavy atom. The largest absolute Gasteiger partial charge is 0.267 e. The van der Waals surface area contributed by atoms with E-state index in [1.807, 2.05) is 0 Å². The summed E-state index contributed by atoms with van der Waals surface area (Å²) in [5, 5.41) is 4.54. The van der Waals surface area contributed by atoms with Crippen LogP contribution in [0.15, 0.2) is 0 Å². The van der Waals surface area contributed by atoms with E-state index in [0.717, 1.165) is 0 Å². The summed E-state index contributed by atoms with van der Waals surface area (Å²) in [6.07, 6.45) is 0. The number of nitrogens with two attached hydrogens (primary N) is 1. The average Bonchev–Trinajstić information content (AvgIpc) is 1.30. The Kier molecular flexibility index (Phi) is 2.44. The minimum absolute atomic E-state index is 0.653. The topological polar surface area (TPSA) is 72.2 Å². The summed E-state index contributed by atoms with van der Waals surface area (Å²) in [4.78, 5) is 0. The summed E-state index contributed by atoms with van der Waals surface area (Å²) in [7, 11) is -4.02. The lowest BCUT2D eigenvalue weighted by Gasteiger charge is -1.91. The highest BCUT2D eigenvalue weighted by Gasteiger charge is 1.93. The molecule has 0 atom stereocenters. The zero-order chi connectivity index (χ0) is 5.91. The van der Waals surface area contributed by atoms with Gasteiger partial charge in [-0.15, -0.1) is 0 Å². The smallest absolute Gasteiger partial charge is 0.231 e. The Labute approximate surface area is 45.2 Å². The zero-order valence-corrected chi connectivity index (χ0v) is 6.24. The highest BCUT2D eigenvalue weighted by atomic mass is 32.2. The molecule has 0 rings (SSSR count). The Morgan fingerprint density at radius 1 is 1.71 bits per heavy atom. The highest BCUT2D eigenvalue weighted by molar-refractivity contribution is 7.88. The van der Waals surface area contributed by atoms with Gasteiger partial charge in [0.15, 0.2) is 0 Å². The number of hydrogen-bond donors (Lipinski definition) is 2. The van der Waals surface area contributed by atoms with Crippen LogP contribution < -0.4 is 9.53 Å². The normalized spacial score (nSPS) is 13.4. The van der Waals surface area contributed by atoms with E-state index in [4.69, 9.17) is 0 Å². The molecule has 0 saturated carbocycles. The van der Waals surface area contributed by atoms with Gasteiger partial charge in [0.05, 0.1) is 0 Å². The van der Waals surface area contributed by atoms with E-state index >= 15 is 0 Å². The molecule has 0 aliphatic heterocycles. The molecular weight excluding hydrogens is 132 g/mol. The second-order valence-corrected chi connectivity index (χ2v) is 3.99. The van der Waals surface area contributed by atoms with Crippen LogP contribution in [0.4, 0.5) is 0 Å². The molecule has 6 heteroatoms. The first-order valence-corrected chi connectivity index (χ1v) is 5.50. The van der Waals surface area contributed by atoms with Gasteiger partial charge in [-0.25, -0.2) is 9.53 Å². The molecule has 0 aliphatic rings. The SMILES string of the molecule is C[SiH2]NS(N)(=O)=O. The van der Waals surface area contributed by atoms with Gasteiger partial charge < -0.3 is 0 Å². The molecular formula is CH8N2O2SSi. The minimum Gasteiger partial charge on any atom is -0.231 e. The second-order valence-electron chi connectivity index (χ2n) is 1.04. The van der Waals surface area contributed by atoms with Gasteiger partial charge in [0.25, 0.3) is 10.2 Å². The molecule has 0 bridgehead atoms. The van der Waals surface area contributed by atoms with Crippen LogP contribution in [0.3, 0.4) is 0 Å². The Balaban J connectivity index is 3.60. The van der Waals surface area contributed by atoms with Crippen LogP contribution in [0.5, 0.6) is 0 Å². The van der Waals surface area contributed by atoms with E-state index in [0.29, 0.717) is 0 Å². The molecule has 0 radical (unpaired) electrons. The van der Waals surface area contributed by atoms with Crippen molar-refractivity contribution < 1.29 is 8.42 Å². The monoisotopic (exact) mass is 140 g/mol. The molecule has 0 unspecified atom stereocenters. The lowest BCUT2D eigenvalue weighted by atomic mass is 11.9. The minimum atomic E-state index is -3.36. The summed E-state index contributed by atoms with van der Waals surface area (Å²) in [6, 6.07) is 0. The van der Waals surface area contributed by atoms with Crippen molar-refractivity contribution in [2.24, 2.45) is 5.14 Å². The van der Waals surface area contributed by atoms with Crippen LogP contribution >= 0.6 is 0 Å². The fraction of sp³-hybridized carbons (Fsp3) is 1.00. The third-order valence-corrected chi connectivity index (χ3v) is 3.11. The van der Waals surface area contributed by atoms with Crippen LogP contribution in [-0.4, -0.2) is 18.1 Å². The summed E-state index contributed by atoms with van der Waals surface area (Å²) in [5.74, 6) is 0. The maximum atomic E-state index is 9.93. The van der Waals surface area contributed by atoms with Gasteiger partial charge in [0.1, 0.15) is 9.68 Å². The van der Waals surface area contributed by atoms with Crippen molar-refractivity contribution in [3.63, 3.8) is 0 Å². The Hall–Kier alpha value is 0.0869. The van der Waals surface area contributed by atoms with Crippen molar-refractivity contribution in [1.29, 1.82) is 0 Å². The average molecular weight is 140 g/mol. The first-order chi connectivity index (χ1) is 3.06. The molecule has 0 aromatic carbocycles. The van der Waals surface area contributed by atoms with Crippen LogP contribution in [-0.2, 0) is 10.2 Å². The molecule has 0 aromatic rings. The van der Waals surface area contributed by atoms with Crippen molar-refractivity contribution >= 4 is 19.9 Å². The molecule has 0 spiro atoms. The standard InChI is InChI=1S/CH8N2O2SSi/c1-7-3-6(2,4)5/h3H,7H2,1H3,(H2,2,4,5). The fourth-order valence-corrected chi connectivity index (χ4v) is 1.81. The summed E-state index contributed by atoms with van der Waals surface area (Å²) < 4.78 is 22.0. The molecule has 0 saturated heterocycles. The number of nitrogens with one attached hydrogen (secondary N) is 1. The van der Waals surface area contributed by atoms with Crippen LogP contribution in [0.1, 0.15) is 0 Å². The fourth-order valence-electron chi connectivity index (χ4n) is 0.201. The van der Waals surface area contributed by atoms with Gasteiger partial charge in [-0.1, -0.05) is 6.55 Å². The van der Waals surface area contributed by atoms with Crippen molar-refractivity contribution in [1.82, 2.24) is 4.39 Å². The summed E-state index contributed by atoms with van der Waals surface area (Å²) in [6.45, 7) is 1.80. The maximum absolute atomic E-state index is 9.93. The van der Waals surface area contributed by atoms with E-state index in [1.54, 1.807) is 6.55 Å². The highest BCUT2D eigenvalue weighted by Crippen LogP contribution is 1.58. The zero-order valence-electron chi connectivity index (χ0n) is 4.01. The lowest BCUT2D eigenvalue weighted by Crippen LogP contribution is -2.32. The van der Waals surface area contributed by atoms with Crippen molar-refractivity contribution in [3.05, 3.63) is 0 Å². The third kappa shape index (κ3) is 6.09. The van der Waals surface area contributed by atoms with Crippen molar-refractivity contribution in [2.45, 2.75) is 6.55 Å². The molecule has 4 nitrogen and oxygen atoms in total. The predicted octanol–water partition coefficient (Wildman–Crippen LogP) is -2.09. The van der Waals surface area contributed by atoms with Gasteiger partial charge in [0, 0.05) is 0 Å². The predicted molar refractivity (Wildman–Crippen MR) is 30.7 cm³/mol. The molecule has 0 heterocycles. The Bertz CT molecular complexity index is 129. The molecule has 0 aliphatic carbocycles. The Morgan fingerprint density at radius 3 is 2.14 bits per heavy atom. The lowest BCUT2D eigenvalue weighted by molar-refractivity contribution is 0.595. The van der Waals surface area contributed by atoms with Crippen molar-refractivity contribution in [3.8, 4) is 0 Å². The van der Waals surface area contributed by atoms with Gasteiger partial charge in [0.2, 0.25) is 0 Å². The van der Waals surface area contributed by atoms with E-state index in [2.05, 4.69) is 9.53 Å². The molecule has 3 N–H and O–H groups in total. The number of hydrogen-bond acceptors (Lipinski definition) is 2. The van der Waals surface area contributed by atoms with Crippen LogP contribution in [0.25, 0.3) is 0 Å². The van der Waals surface area contributed by atoms with Crippen LogP contribution in [0.2, 0.25) is 6.55 Å². The van der Waals surface area contributed by atoms with Gasteiger partial charge in [-0.2, -0.15) is 8.42 Å². The number of rotatable bonds is 2. The molecule has 7 heavy (non-hydrogen) atoms. The molecule has 0 fully saturated rings. The molecule has 44 valence electrons. The van der Waals surface area contributed by atoms with E-state index in [-0.39, 0.29) is 0 Å². The summed E-state index contributed by atoms with van der Waals surface area (Å²) in [5.41, 5.74) is 0. The van der Waals surface area contributed by atoms with Gasteiger partial charge in [-0.3, -0.25) is 0 Å². The van der Waals surface area contributed by atoms with Gasteiger partial charge >= 0.3 is 0 Å². The quantitative estimate of drug-likeness (QED) is 0.432. The second kappa shape index (κ2) is 2.41. The van der Waals surface area contributed by atoms with Gasteiger partial charge in [-0.05, 0) is 0 Å². The molecule has 0 amide bonds. The maximum Gasteiger partial charge on any atom is 0.267 e. The molecule has 0 aromatic heterocycles. The van der Waals surface area contributed by atoms with E-state index < -0.39 is 19.9 Å². The van der Waals surface area contributed by atoms with Crippen LogP contribution in [0, 0.1) is 0 Å². The van der Waals surface area contributed by atoms with Crippen molar-refractivity contribution in [2.75, 3.05) is 0 Å². The van der Waals surface area contributed by atoms with E-state index in [9.17, 15) is 8.42 Å². The first kappa shape index (κ1) is 7.09. The van der Waals surface area contributed by atoms with E-state index in [1.165, 1.54) is 0 Å². The first-order valence-electron chi connectivity index (χ1n) is 1.83.